The molecule has 0 saturated heterocycles. The molecular weight excluding hydrogens is 306 g/mol. The van der Waals surface area contributed by atoms with Gasteiger partial charge in [0, 0.05) is 19.7 Å². The van der Waals surface area contributed by atoms with Crippen molar-refractivity contribution in [2.45, 2.75) is 13.3 Å². The van der Waals surface area contributed by atoms with Gasteiger partial charge in [-0.05, 0) is 29.8 Å². The maximum atomic E-state index is 12.2. The van der Waals surface area contributed by atoms with E-state index < -0.39 is 0 Å². The summed E-state index contributed by atoms with van der Waals surface area (Å²) in [7, 11) is 1.54. The molecule has 3 amide bonds. The van der Waals surface area contributed by atoms with Gasteiger partial charge in [0.25, 0.3) is 5.91 Å². The number of para-hydroxylation sites is 1. The number of rotatable bonds is 5. The zero-order valence-electron chi connectivity index (χ0n) is 13.6. The third-order valence-electron chi connectivity index (χ3n) is 3.31. The number of carbonyl (C=O) groups is 3. The maximum Gasteiger partial charge on any atom is 0.253 e. The van der Waals surface area contributed by atoms with E-state index in [9.17, 15) is 14.4 Å². The van der Waals surface area contributed by atoms with Crippen LogP contribution >= 0.6 is 0 Å². The largest absolute Gasteiger partial charge is 0.355 e. The predicted octanol–water partition coefficient (Wildman–Crippen LogP) is 2.19. The Balaban J connectivity index is 2.03. The highest BCUT2D eigenvalue weighted by Crippen LogP contribution is 2.16. The van der Waals surface area contributed by atoms with E-state index in [1.54, 1.807) is 48.5 Å². The first-order valence-corrected chi connectivity index (χ1v) is 7.47. The fraction of sp³-hybridized carbons (Fsp3) is 0.167. The second-order valence-corrected chi connectivity index (χ2v) is 5.23. The average Bonchev–Trinajstić information content (AvgIpc) is 2.56. The summed E-state index contributed by atoms with van der Waals surface area (Å²) in [5.41, 5.74) is 2.36. The molecule has 6 nitrogen and oxygen atoms in total. The molecule has 124 valence electrons. The summed E-state index contributed by atoms with van der Waals surface area (Å²) in [6, 6.07) is 13.8. The molecule has 0 unspecified atom stereocenters. The highest BCUT2D eigenvalue weighted by atomic mass is 16.2. The minimum Gasteiger partial charge on any atom is -0.355 e. The Morgan fingerprint density at radius 1 is 0.917 bits per heavy atom. The van der Waals surface area contributed by atoms with Gasteiger partial charge in [0.15, 0.2) is 0 Å². The Morgan fingerprint density at radius 2 is 1.58 bits per heavy atom. The number of carbonyl (C=O) groups excluding carboxylic acids is 3. The number of amides is 3. The first-order chi connectivity index (χ1) is 11.5. The van der Waals surface area contributed by atoms with Gasteiger partial charge in [-0.25, -0.2) is 0 Å². The third kappa shape index (κ3) is 4.67. The van der Waals surface area contributed by atoms with Crippen LogP contribution in [-0.2, 0) is 16.0 Å². The SMILES string of the molecule is CNC(=O)c1ccccc1NC(=O)Cc1ccc(NC(C)=O)cc1. The van der Waals surface area contributed by atoms with Crippen LogP contribution in [0.15, 0.2) is 48.5 Å². The Labute approximate surface area is 140 Å². The van der Waals surface area contributed by atoms with E-state index in [0.717, 1.165) is 5.56 Å². The number of hydrogen-bond acceptors (Lipinski definition) is 3. The highest BCUT2D eigenvalue weighted by Gasteiger charge is 2.12. The molecule has 0 spiro atoms. The van der Waals surface area contributed by atoms with Crippen LogP contribution in [0.4, 0.5) is 11.4 Å². The molecule has 2 rings (SSSR count). The summed E-state index contributed by atoms with van der Waals surface area (Å²) >= 11 is 0. The Kier molecular flexibility index (Phi) is 5.68. The lowest BCUT2D eigenvalue weighted by Gasteiger charge is -2.10. The van der Waals surface area contributed by atoms with Crippen molar-refractivity contribution >= 4 is 29.1 Å². The molecule has 2 aromatic rings. The van der Waals surface area contributed by atoms with Crippen molar-refractivity contribution in [2.75, 3.05) is 17.7 Å². The Hall–Kier alpha value is -3.15. The minimum absolute atomic E-state index is 0.147. The quantitative estimate of drug-likeness (QED) is 0.787. The van der Waals surface area contributed by atoms with Gasteiger partial charge in [-0.3, -0.25) is 14.4 Å². The standard InChI is InChI=1S/C18H19N3O3/c1-12(22)20-14-9-7-13(8-10-14)11-17(23)21-16-6-4-3-5-15(16)18(24)19-2/h3-10H,11H2,1-2H3,(H,19,24)(H,20,22)(H,21,23). The van der Waals surface area contributed by atoms with Crippen molar-refractivity contribution in [2.24, 2.45) is 0 Å². The normalized spacial score (nSPS) is 9.92. The van der Waals surface area contributed by atoms with E-state index in [1.807, 2.05) is 0 Å². The Morgan fingerprint density at radius 3 is 2.21 bits per heavy atom. The van der Waals surface area contributed by atoms with Crippen LogP contribution in [0.1, 0.15) is 22.8 Å². The fourth-order valence-corrected chi connectivity index (χ4v) is 2.21. The van der Waals surface area contributed by atoms with Crippen LogP contribution in [-0.4, -0.2) is 24.8 Å². The van der Waals surface area contributed by atoms with Gasteiger partial charge < -0.3 is 16.0 Å². The van der Waals surface area contributed by atoms with Gasteiger partial charge in [-0.2, -0.15) is 0 Å². The number of anilines is 2. The van der Waals surface area contributed by atoms with Crippen LogP contribution < -0.4 is 16.0 Å². The van der Waals surface area contributed by atoms with Gasteiger partial charge in [-0.1, -0.05) is 24.3 Å². The van der Waals surface area contributed by atoms with E-state index in [-0.39, 0.29) is 24.1 Å². The van der Waals surface area contributed by atoms with Crippen LogP contribution in [0.25, 0.3) is 0 Å². The lowest BCUT2D eigenvalue weighted by molar-refractivity contribution is -0.116. The zero-order valence-corrected chi connectivity index (χ0v) is 13.6. The van der Waals surface area contributed by atoms with Crippen molar-refractivity contribution in [3.63, 3.8) is 0 Å². The first kappa shape index (κ1) is 17.2. The van der Waals surface area contributed by atoms with Gasteiger partial charge in [0.1, 0.15) is 0 Å². The summed E-state index contributed by atoms with van der Waals surface area (Å²) in [6.45, 7) is 1.44. The van der Waals surface area contributed by atoms with Crippen molar-refractivity contribution in [3.8, 4) is 0 Å². The number of nitrogens with one attached hydrogen (secondary N) is 3. The molecule has 0 heterocycles. The molecule has 0 saturated carbocycles. The summed E-state index contributed by atoms with van der Waals surface area (Å²) in [4.78, 5) is 35.0. The topological polar surface area (TPSA) is 87.3 Å². The molecule has 0 aromatic heterocycles. The van der Waals surface area contributed by atoms with E-state index in [0.29, 0.717) is 16.9 Å². The van der Waals surface area contributed by atoms with Crippen LogP contribution in [0.3, 0.4) is 0 Å². The van der Waals surface area contributed by atoms with Gasteiger partial charge in [0.05, 0.1) is 17.7 Å². The lowest BCUT2D eigenvalue weighted by Crippen LogP contribution is -2.22. The van der Waals surface area contributed by atoms with Gasteiger partial charge in [0.2, 0.25) is 11.8 Å². The number of hydrogen-bond donors (Lipinski definition) is 3. The zero-order chi connectivity index (χ0) is 17.5. The van der Waals surface area contributed by atoms with Crippen molar-refractivity contribution in [1.29, 1.82) is 0 Å². The molecule has 6 heteroatoms. The molecule has 0 atom stereocenters. The fourth-order valence-electron chi connectivity index (χ4n) is 2.21. The molecule has 24 heavy (non-hydrogen) atoms. The lowest BCUT2D eigenvalue weighted by atomic mass is 10.1. The molecule has 0 aliphatic rings. The smallest absolute Gasteiger partial charge is 0.253 e. The Bertz CT molecular complexity index is 754. The molecule has 3 N–H and O–H groups in total. The highest BCUT2D eigenvalue weighted by molar-refractivity contribution is 6.04. The second-order valence-electron chi connectivity index (χ2n) is 5.23. The van der Waals surface area contributed by atoms with Crippen LogP contribution in [0.5, 0.6) is 0 Å². The average molecular weight is 325 g/mol. The monoisotopic (exact) mass is 325 g/mol. The molecular formula is C18H19N3O3. The predicted molar refractivity (Wildman–Crippen MR) is 92.9 cm³/mol. The van der Waals surface area contributed by atoms with Crippen molar-refractivity contribution < 1.29 is 14.4 Å². The van der Waals surface area contributed by atoms with Gasteiger partial charge >= 0.3 is 0 Å². The molecule has 2 aromatic carbocycles. The van der Waals surface area contributed by atoms with Crippen molar-refractivity contribution in [3.05, 3.63) is 59.7 Å². The third-order valence-corrected chi connectivity index (χ3v) is 3.31. The molecule has 0 aliphatic carbocycles. The van der Waals surface area contributed by atoms with Crippen molar-refractivity contribution in [1.82, 2.24) is 5.32 Å². The maximum absolute atomic E-state index is 12.2. The summed E-state index contributed by atoms with van der Waals surface area (Å²) in [5.74, 6) is -0.629. The van der Waals surface area contributed by atoms with E-state index in [2.05, 4.69) is 16.0 Å². The molecule has 0 radical (unpaired) electrons. The molecule has 0 aliphatic heterocycles. The second kappa shape index (κ2) is 7.92. The van der Waals surface area contributed by atoms with E-state index >= 15 is 0 Å². The molecule has 0 bridgehead atoms. The van der Waals surface area contributed by atoms with Gasteiger partial charge in [-0.15, -0.1) is 0 Å². The first-order valence-electron chi connectivity index (χ1n) is 7.47. The summed E-state index contributed by atoms with van der Waals surface area (Å²) < 4.78 is 0. The van der Waals surface area contributed by atoms with E-state index in [4.69, 9.17) is 0 Å². The molecule has 0 fully saturated rings. The number of benzene rings is 2. The van der Waals surface area contributed by atoms with Crippen LogP contribution in [0.2, 0.25) is 0 Å². The summed E-state index contributed by atoms with van der Waals surface area (Å²) in [5, 5.41) is 7.96. The summed E-state index contributed by atoms with van der Waals surface area (Å²) in [6.07, 6.45) is 0.169. The van der Waals surface area contributed by atoms with Crippen LogP contribution in [0, 0.1) is 0 Å². The van der Waals surface area contributed by atoms with E-state index in [1.165, 1.54) is 14.0 Å². The minimum atomic E-state index is -0.259.